The van der Waals surface area contributed by atoms with Crippen LogP contribution in [0.15, 0.2) is 12.7 Å². The summed E-state index contributed by atoms with van der Waals surface area (Å²) in [6, 6.07) is 0.222. The zero-order valence-corrected chi connectivity index (χ0v) is 13.4. The maximum Gasteiger partial charge on any atom is 0.222 e. The predicted octanol–water partition coefficient (Wildman–Crippen LogP) is 2.32. The van der Waals surface area contributed by atoms with Crippen LogP contribution in [-0.4, -0.2) is 59.9 Å². The largest absolute Gasteiger partial charge is 0.337 e. The summed E-state index contributed by atoms with van der Waals surface area (Å²) in [6.45, 7) is 7.10. The van der Waals surface area contributed by atoms with Gasteiger partial charge in [0.15, 0.2) is 0 Å². The molecule has 2 heterocycles. The van der Waals surface area contributed by atoms with Crippen LogP contribution in [0.1, 0.15) is 38.5 Å². The minimum Gasteiger partial charge on any atom is -0.337 e. The van der Waals surface area contributed by atoms with Crippen molar-refractivity contribution in [2.75, 3.05) is 26.2 Å². The minimum absolute atomic E-state index is 0.147. The first-order valence-corrected chi connectivity index (χ1v) is 8.36. The van der Waals surface area contributed by atoms with Crippen molar-refractivity contribution in [3.05, 3.63) is 12.7 Å². The van der Waals surface area contributed by atoms with Crippen molar-refractivity contribution in [2.24, 2.45) is 5.92 Å². The molecule has 5 nitrogen and oxygen atoms in total. The fourth-order valence-electron chi connectivity index (χ4n) is 3.71. The molecule has 2 aliphatic rings. The molecule has 1 amide bonds. The van der Waals surface area contributed by atoms with Crippen LogP contribution in [0.4, 0.5) is 0 Å². The van der Waals surface area contributed by atoms with Crippen molar-refractivity contribution < 1.29 is 4.79 Å². The number of likely N-dealkylation sites (tertiary alicyclic amines) is 2. The Hall–Kier alpha value is -1.49. The van der Waals surface area contributed by atoms with E-state index in [9.17, 15) is 4.79 Å². The second kappa shape index (κ2) is 8.22. The summed E-state index contributed by atoms with van der Waals surface area (Å²) in [5.74, 6) is 0.555. The van der Waals surface area contributed by atoms with Crippen molar-refractivity contribution >= 4 is 17.8 Å². The Balaban J connectivity index is 1.95. The number of hydrogen-bond donors (Lipinski definition) is 2. The highest BCUT2D eigenvalue weighted by Gasteiger charge is 2.40. The van der Waals surface area contributed by atoms with E-state index in [1.807, 2.05) is 11.0 Å². The van der Waals surface area contributed by atoms with Crippen LogP contribution in [0, 0.1) is 16.7 Å². The van der Waals surface area contributed by atoms with Crippen LogP contribution in [-0.2, 0) is 4.79 Å². The number of carbonyl (C=O) groups is 1. The van der Waals surface area contributed by atoms with Gasteiger partial charge in [0.05, 0.1) is 12.6 Å². The summed E-state index contributed by atoms with van der Waals surface area (Å²) < 4.78 is 0. The van der Waals surface area contributed by atoms with Crippen molar-refractivity contribution in [1.29, 1.82) is 10.8 Å². The number of unbranched alkanes of at least 4 members (excludes halogenated alkanes) is 1. The van der Waals surface area contributed by atoms with E-state index in [1.54, 1.807) is 0 Å². The Morgan fingerprint density at radius 1 is 1.41 bits per heavy atom. The molecule has 0 aliphatic carbocycles. The van der Waals surface area contributed by atoms with Crippen molar-refractivity contribution in [2.45, 2.75) is 44.6 Å². The third kappa shape index (κ3) is 4.03. The number of fused-ring (bicyclic) bond motifs is 1. The SMILES string of the molecule is C=CCCN1CCC[C@@H]2CN(C(=O)CCCC=N)CC(=N)[C@@H]21. The van der Waals surface area contributed by atoms with Gasteiger partial charge in [0, 0.05) is 25.2 Å². The average Bonchev–Trinajstić information content (AvgIpc) is 2.52. The molecular weight excluding hydrogens is 276 g/mol. The first kappa shape index (κ1) is 16.9. The molecule has 2 saturated heterocycles. The van der Waals surface area contributed by atoms with Gasteiger partial charge in [0.25, 0.3) is 0 Å². The van der Waals surface area contributed by atoms with Gasteiger partial charge in [-0.3, -0.25) is 9.69 Å². The number of nitrogens with one attached hydrogen (secondary N) is 2. The molecule has 2 atom stereocenters. The van der Waals surface area contributed by atoms with Gasteiger partial charge in [-0.05, 0) is 50.8 Å². The molecule has 0 radical (unpaired) electrons. The van der Waals surface area contributed by atoms with E-state index in [4.69, 9.17) is 10.8 Å². The molecule has 0 aromatic carbocycles. The lowest BCUT2D eigenvalue weighted by atomic mass is 9.82. The van der Waals surface area contributed by atoms with Gasteiger partial charge < -0.3 is 15.7 Å². The summed E-state index contributed by atoms with van der Waals surface area (Å²) >= 11 is 0. The molecular formula is C17H28N4O. The van der Waals surface area contributed by atoms with Crippen LogP contribution in [0.5, 0.6) is 0 Å². The van der Waals surface area contributed by atoms with Crippen molar-refractivity contribution in [1.82, 2.24) is 9.80 Å². The molecule has 2 rings (SSSR count). The lowest BCUT2D eigenvalue weighted by Gasteiger charge is -2.47. The first-order valence-electron chi connectivity index (χ1n) is 8.36. The maximum atomic E-state index is 12.3. The molecule has 0 saturated carbocycles. The molecule has 122 valence electrons. The van der Waals surface area contributed by atoms with E-state index >= 15 is 0 Å². The molecule has 2 fully saturated rings. The van der Waals surface area contributed by atoms with Gasteiger partial charge in [0.1, 0.15) is 0 Å². The summed E-state index contributed by atoms with van der Waals surface area (Å²) in [6.07, 6.45) is 8.44. The second-order valence-corrected chi connectivity index (χ2v) is 6.36. The zero-order valence-electron chi connectivity index (χ0n) is 13.4. The number of carbonyl (C=O) groups excluding carboxylic acids is 1. The van der Waals surface area contributed by atoms with Crippen molar-refractivity contribution in [3.63, 3.8) is 0 Å². The highest BCUT2D eigenvalue weighted by molar-refractivity contribution is 5.93. The Morgan fingerprint density at radius 2 is 2.23 bits per heavy atom. The van der Waals surface area contributed by atoms with Crippen molar-refractivity contribution in [3.8, 4) is 0 Å². The molecule has 0 unspecified atom stereocenters. The lowest BCUT2D eigenvalue weighted by molar-refractivity contribution is -0.132. The molecule has 22 heavy (non-hydrogen) atoms. The monoisotopic (exact) mass is 304 g/mol. The Labute approximate surface area is 133 Å². The van der Waals surface area contributed by atoms with Gasteiger partial charge in [0.2, 0.25) is 5.91 Å². The number of amides is 1. The van der Waals surface area contributed by atoms with E-state index in [2.05, 4.69) is 11.5 Å². The van der Waals surface area contributed by atoms with E-state index in [0.717, 1.165) is 45.3 Å². The highest BCUT2D eigenvalue weighted by Crippen LogP contribution is 2.29. The molecule has 2 aliphatic heterocycles. The van der Waals surface area contributed by atoms with Gasteiger partial charge in [-0.25, -0.2) is 0 Å². The summed E-state index contributed by atoms with van der Waals surface area (Å²) in [7, 11) is 0. The Bertz CT molecular complexity index is 434. The maximum absolute atomic E-state index is 12.3. The normalized spacial score (nSPS) is 25.6. The summed E-state index contributed by atoms with van der Waals surface area (Å²) in [4.78, 5) is 16.6. The molecule has 0 aromatic heterocycles. The molecule has 0 bridgehead atoms. The van der Waals surface area contributed by atoms with Gasteiger partial charge in [-0.1, -0.05) is 6.08 Å². The minimum atomic E-state index is 0.147. The van der Waals surface area contributed by atoms with E-state index in [1.165, 1.54) is 6.21 Å². The Kier molecular flexibility index (Phi) is 6.31. The van der Waals surface area contributed by atoms with Crippen LogP contribution in [0.25, 0.3) is 0 Å². The number of hydrogen-bond acceptors (Lipinski definition) is 4. The fraction of sp³-hybridized carbons (Fsp3) is 0.706. The molecule has 2 N–H and O–H groups in total. The standard InChI is InChI=1S/C17H28N4O/c1-2-3-10-20-11-6-7-14-12-21(13-15(19)17(14)20)16(22)8-4-5-9-18/h2,9,14,17-19H,1,3-8,10-13H2/t14-,17-/m1/s1. The third-order valence-corrected chi connectivity index (χ3v) is 4.75. The van der Waals surface area contributed by atoms with Crippen LogP contribution < -0.4 is 0 Å². The smallest absolute Gasteiger partial charge is 0.222 e. The van der Waals surface area contributed by atoms with E-state index in [0.29, 0.717) is 31.0 Å². The number of rotatable bonds is 7. The van der Waals surface area contributed by atoms with Gasteiger partial charge >= 0.3 is 0 Å². The topological polar surface area (TPSA) is 71.2 Å². The highest BCUT2D eigenvalue weighted by atomic mass is 16.2. The third-order valence-electron chi connectivity index (χ3n) is 4.75. The summed E-state index contributed by atoms with van der Waals surface area (Å²) in [5, 5.41) is 15.4. The van der Waals surface area contributed by atoms with E-state index in [-0.39, 0.29) is 11.9 Å². The van der Waals surface area contributed by atoms with Gasteiger partial charge in [-0.2, -0.15) is 0 Å². The average molecular weight is 304 g/mol. The second-order valence-electron chi connectivity index (χ2n) is 6.36. The summed E-state index contributed by atoms with van der Waals surface area (Å²) in [5.41, 5.74) is 0.695. The fourth-order valence-corrected chi connectivity index (χ4v) is 3.71. The number of piperidine rings is 2. The number of nitrogens with zero attached hydrogens (tertiary/aromatic N) is 2. The quantitative estimate of drug-likeness (QED) is 0.430. The van der Waals surface area contributed by atoms with Crippen LogP contribution in [0.3, 0.4) is 0 Å². The molecule has 0 spiro atoms. The zero-order chi connectivity index (χ0) is 15.9. The molecule has 0 aromatic rings. The first-order chi connectivity index (χ1) is 10.7. The molecule has 5 heteroatoms. The lowest BCUT2D eigenvalue weighted by Crippen LogP contribution is -2.60. The predicted molar refractivity (Wildman–Crippen MR) is 89.8 cm³/mol. The van der Waals surface area contributed by atoms with Gasteiger partial charge in [-0.15, -0.1) is 6.58 Å². The van der Waals surface area contributed by atoms with E-state index < -0.39 is 0 Å². The Morgan fingerprint density at radius 3 is 2.95 bits per heavy atom. The van der Waals surface area contributed by atoms with Crippen LogP contribution in [0.2, 0.25) is 0 Å². The van der Waals surface area contributed by atoms with Crippen LogP contribution >= 0.6 is 0 Å².